The first kappa shape index (κ1) is 36.4. The van der Waals surface area contributed by atoms with Crippen LogP contribution in [0, 0.1) is 27.7 Å². The maximum atomic E-state index is 2.39. The van der Waals surface area contributed by atoms with Crippen molar-refractivity contribution in [2.45, 2.75) is 27.7 Å². The van der Waals surface area contributed by atoms with Gasteiger partial charge in [-0.1, -0.05) is 60.7 Å². The van der Waals surface area contributed by atoms with E-state index >= 15 is 0 Å². The van der Waals surface area contributed by atoms with Crippen LogP contribution >= 0.6 is 90.7 Å². The lowest BCUT2D eigenvalue weighted by Gasteiger charge is -1.96. The fraction of sp³-hybridized carbons (Fsp3) is 0.0833. The standard InChI is InChI=1S/C48H34S8/c1-27-23-41(31-11-7-5-8-12-31)53-45(27)37-19-15-33(49-37)35-17-21-39(51-35)47-29(3)25-43(55-47)44-26-30(4)48(56-44)40-22-18-36(52-40)34-16-20-38(50-34)46-28(2)24-42(54-46)32-13-9-6-10-14-32/h5-26H,1-4H3. The van der Waals surface area contributed by atoms with E-state index in [4.69, 9.17) is 0 Å². The third kappa shape index (κ3) is 6.90. The summed E-state index contributed by atoms with van der Waals surface area (Å²) >= 11 is 15.3. The van der Waals surface area contributed by atoms with Crippen LogP contribution in [0.5, 0.6) is 0 Å². The molecule has 10 rings (SSSR count). The van der Waals surface area contributed by atoms with E-state index in [1.165, 1.54) is 111 Å². The normalized spacial score (nSPS) is 11.6. The highest BCUT2D eigenvalue weighted by atomic mass is 32.1. The predicted octanol–water partition coefficient (Wildman–Crippen LogP) is 18.4. The third-order valence-corrected chi connectivity index (χ3v) is 20.5. The minimum Gasteiger partial charge on any atom is -0.134 e. The van der Waals surface area contributed by atoms with E-state index in [2.05, 4.69) is 161 Å². The van der Waals surface area contributed by atoms with Gasteiger partial charge in [0, 0.05) is 78.0 Å². The topological polar surface area (TPSA) is 0 Å². The van der Waals surface area contributed by atoms with Crippen LogP contribution in [0.2, 0.25) is 0 Å². The molecule has 2 aromatic carbocycles. The zero-order valence-corrected chi connectivity index (χ0v) is 37.5. The van der Waals surface area contributed by atoms with Gasteiger partial charge in [-0.05, 0) is 134 Å². The Morgan fingerprint density at radius 1 is 0.232 bits per heavy atom. The third-order valence-electron chi connectivity index (χ3n) is 9.84. The summed E-state index contributed by atoms with van der Waals surface area (Å²) in [6, 6.07) is 49.4. The molecule has 10 aromatic rings. The number of hydrogen-bond acceptors (Lipinski definition) is 8. The van der Waals surface area contributed by atoms with Crippen LogP contribution in [-0.2, 0) is 0 Å². The fourth-order valence-corrected chi connectivity index (χ4v) is 16.7. The average Bonchev–Trinajstić information content (AvgIpc) is 4.06. The van der Waals surface area contributed by atoms with Gasteiger partial charge < -0.3 is 0 Å². The molecule has 0 radical (unpaired) electrons. The van der Waals surface area contributed by atoms with Crippen LogP contribution in [0.1, 0.15) is 22.3 Å². The smallest absolute Gasteiger partial charge is 0.0478 e. The minimum absolute atomic E-state index is 1.29. The van der Waals surface area contributed by atoms with Crippen molar-refractivity contribution < 1.29 is 0 Å². The van der Waals surface area contributed by atoms with E-state index in [1.807, 2.05) is 90.7 Å². The lowest BCUT2D eigenvalue weighted by molar-refractivity contribution is 1.54. The molecule has 0 aliphatic heterocycles. The highest BCUT2D eigenvalue weighted by Crippen LogP contribution is 2.50. The predicted molar refractivity (Wildman–Crippen MR) is 257 cm³/mol. The largest absolute Gasteiger partial charge is 0.134 e. The second kappa shape index (κ2) is 15.1. The van der Waals surface area contributed by atoms with E-state index in [0.717, 1.165) is 0 Å². The summed E-state index contributed by atoms with van der Waals surface area (Å²) in [4.78, 5) is 21.6. The van der Waals surface area contributed by atoms with Gasteiger partial charge in [-0.15, -0.1) is 90.7 Å². The maximum Gasteiger partial charge on any atom is 0.0478 e. The van der Waals surface area contributed by atoms with Crippen LogP contribution in [0.25, 0.3) is 89.2 Å². The van der Waals surface area contributed by atoms with E-state index < -0.39 is 0 Å². The summed E-state index contributed by atoms with van der Waals surface area (Å²) in [5.74, 6) is 0. The number of thiophene rings is 8. The quantitative estimate of drug-likeness (QED) is 0.136. The van der Waals surface area contributed by atoms with Gasteiger partial charge in [0.15, 0.2) is 0 Å². The van der Waals surface area contributed by atoms with Crippen molar-refractivity contribution >= 4 is 90.7 Å². The molecule has 0 saturated heterocycles. The molecule has 8 heterocycles. The number of hydrogen-bond donors (Lipinski definition) is 0. The Morgan fingerprint density at radius 3 is 0.786 bits per heavy atom. The molecular weight excluding hydrogens is 833 g/mol. The molecule has 0 amide bonds. The van der Waals surface area contributed by atoms with Gasteiger partial charge in [0.1, 0.15) is 0 Å². The zero-order chi connectivity index (χ0) is 37.9. The Kier molecular flexibility index (Phi) is 9.80. The highest BCUT2D eigenvalue weighted by molar-refractivity contribution is 7.32. The zero-order valence-electron chi connectivity index (χ0n) is 31.0. The van der Waals surface area contributed by atoms with E-state index in [0.29, 0.717) is 0 Å². The first-order valence-electron chi connectivity index (χ1n) is 18.3. The Hall–Kier alpha value is -3.96. The van der Waals surface area contributed by atoms with Gasteiger partial charge in [-0.3, -0.25) is 0 Å². The summed E-state index contributed by atoms with van der Waals surface area (Å²) in [6.07, 6.45) is 0. The van der Waals surface area contributed by atoms with Crippen LogP contribution < -0.4 is 0 Å². The van der Waals surface area contributed by atoms with Crippen LogP contribution in [0.4, 0.5) is 0 Å². The number of benzene rings is 2. The van der Waals surface area contributed by atoms with Crippen molar-refractivity contribution in [3.05, 3.63) is 156 Å². The van der Waals surface area contributed by atoms with Crippen molar-refractivity contribution in [1.82, 2.24) is 0 Å². The molecule has 0 bridgehead atoms. The van der Waals surface area contributed by atoms with Crippen LogP contribution in [0.3, 0.4) is 0 Å². The second-order valence-electron chi connectivity index (χ2n) is 13.9. The van der Waals surface area contributed by atoms with Crippen LogP contribution in [-0.4, -0.2) is 0 Å². The lowest BCUT2D eigenvalue weighted by Crippen LogP contribution is -1.68. The molecule has 0 saturated carbocycles. The molecular formula is C48H34S8. The molecule has 0 atom stereocenters. The van der Waals surface area contributed by atoms with Crippen LogP contribution in [0.15, 0.2) is 133 Å². The molecule has 56 heavy (non-hydrogen) atoms. The van der Waals surface area contributed by atoms with E-state index in [-0.39, 0.29) is 0 Å². The molecule has 8 heteroatoms. The Morgan fingerprint density at radius 2 is 0.482 bits per heavy atom. The second-order valence-corrected chi connectivity index (χ2v) is 22.4. The molecule has 0 aliphatic rings. The molecule has 0 spiro atoms. The Labute approximate surface area is 360 Å². The van der Waals surface area contributed by atoms with Crippen molar-refractivity contribution in [2.24, 2.45) is 0 Å². The van der Waals surface area contributed by atoms with Crippen molar-refractivity contribution in [3.8, 4) is 89.2 Å². The molecule has 0 unspecified atom stereocenters. The lowest BCUT2D eigenvalue weighted by atomic mass is 10.1. The van der Waals surface area contributed by atoms with Gasteiger partial charge in [0.2, 0.25) is 0 Å². The summed E-state index contributed by atoms with van der Waals surface area (Å²) in [5.41, 5.74) is 7.98. The van der Waals surface area contributed by atoms with Crippen molar-refractivity contribution in [3.63, 3.8) is 0 Å². The Bertz CT molecular complexity index is 2760. The van der Waals surface area contributed by atoms with Gasteiger partial charge in [-0.2, -0.15) is 0 Å². The average molecular weight is 867 g/mol. The number of aryl methyl sites for hydroxylation is 4. The number of rotatable bonds is 9. The van der Waals surface area contributed by atoms with Gasteiger partial charge in [-0.25, -0.2) is 0 Å². The van der Waals surface area contributed by atoms with E-state index in [1.54, 1.807) is 0 Å². The molecule has 0 fully saturated rings. The van der Waals surface area contributed by atoms with Crippen molar-refractivity contribution in [1.29, 1.82) is 0 Å². The molecule has 274 valence electrons. The SMILES string of the molecule is Cc1cc(-c2ccccc2)sc1-c1ccc(-c2ccc(-c3sc(-c4cc(C)c(-c5ccc(-c6ccc(-c7sc(-c8ccccc8)cc7C)s6)s5)s4)cc3C)s2)s1. The first-order valence-corrected chi connectivity index (χ1v) is 24.8. The maximum absolute atomic E-state index is 2.39. The Balaban J connectivity index is 0.865. The fourth-order valence-electron chi connectivity index (χ4n) is 7.01. The van der Waals surface area contributed by atoms with E-state index in [9.17, 15) is 0 Å². The van der Waals surface area contributed by atoms with Gasteiger partial charge in [0.05, 0.1) is 0 Å². The molecule has 0 nitrogen and oxygen atoms in total. The molecule has 0 N–H and O–H groups in total. The summed E-state index contributed by atoms with van der Waals surface area (Å²) in [5, 5.41) is 0. The van der Waals surface area contributed by atoms with Gasteiger partial charge >= 0.3 is 0 Å². The monoisotopic (exact) mass is 866 g/mol. The summed E-state index contributed by atoms with van der Waals surface area (Å²) in [6.45, 7) is 9.01. The van der Waals surface area contributed by atoms with Crippen molar-refractivity contribution in [2.75, 3.05) is 0 Å². The molecule has 0 aliphatic carbocycles. The summed E-state index contributed by atoms with van der Waals surface area (Å²) in [7, 11) is 0. The first-order chi connectivity index (χ1) is 27.3. The summed E-state index contributed by atoms with van der Waals surface area (Å²) < 4.78 is 0. The minimum atomic E-state index is 1.29. The van der Waals surface area contributed by atoms with Gasteiger partial charge in [0.25, 0.3) is 0 Å². The molecule has 8 aromatic heterocycles. The highest BCUT2D eigenvalue weighted by Gasteiger charge is 2.19.